The summed E-state index contributed by atoms with van der Waals surface area (Å²) >= 11 is 0. The second-order valence-corrected chi connectivity index (χ2v) is 6.68. The van der Waals surface area contributed by atoms with E-state index in [0.29, 0.717) is 17.9 Å². The standard InChI is InChI=1S/C20H26N2O3/c1-3-25-20(24)17-14(2)22(16-12-8-5-9-13-16)19(23)18(17)21-15-10-6-4-7-11-15/h4,6-7,10-11,14,16,21H,3,5,8-9,12-13H2,1-2H3. The van der Waals surface area contributed by atoms with Crippen LogP contribution in [-0.2, 0) is 14.3 Å². The van der Waals surface area contributed by atoms with Crippen LogP contribution in [0.2, 0.25) is 0 Å². The summed E-state index contributed by atoms with van der Waals surface area (Å²) < 4.78 is 5.23. The summed E-state index contributed by atoms with van der Waals surface area (Å²) in [6, 6.07) is 9.42. The van der Waals surface area contributed by atoms with Crippen molar-refractivity contribution in [2.24, 2.45) is 0 Å². The number of hydrogen-bond acceptors (Lipinski definition) is 4. The summed E-state index contributed by atoms with van der Waals surface area (Å²) in [5, 5.41) is 3.17. The number of rotatable bonds is 5. The lowest BCUT2D eigenvalue weighted by Gasteiger charge is -2.35. The average Bonchev–Trinajstić information content (AvgIpc) is 2.87. The van der Waals surface area contributed by atoms with Crippen molar-refractivity contribution in [1.82, 2.24) is 4.90 Å². The Kier molecular flexibility index (Phi) is 5.41. The number of esters is 1. The molecule has 0 saturated heterocycles. The van der Waals surface area contributed by atoms with Crippen LogP contribution >= 0.6 is 0 Å². The van der Waals surface area contributed by atoms with Crippen LogP contribution in [0.15, 0.2) is 41.6 Å². The van der Waals surface area contributed by atoms with Crippen LogP contribution in [0.3, 0.4) is 0 Å². The van der Waals surface area contributed by atoms with Gasteiger partial charge in [-0.1, -0.05) is 37.5 Å². The fraction of sp³-hybridized carbons (Fsp3) is 0.500. The highest BCUT2D eigenvalue weighted by Gasteiger charge is 2.44. The van der Waals surface area contributed by atoms with Crippen LogP contribution < -0.4 is 5.32 Å². The predicted molar refractivity (Wildman–Crippen MR) is 96.9 cm³/mol. The fourth-order valence-electron chi connectivity index (χ4n) is 3.88. The average molecular weight is 342 g/mol. The van der Waals surface area contributed by atoms with Gasteiger partial charge in [0.15, 0.2) is 0 Å². The molecule has 1 heterocycles. The van der Waals surface area contributed by atoms with Crippen LogP contribution in [0, 0.1) is 0 Å². The molecular formula is C20H26N2O3. The first kappa shape index (κ1) is 17.5. The molecule has 1 N–H and O–H groups in total. The Bertz CT molecular complexity index is 663. The molecule has 2 aliphatic rings. The van der Waals surface area contributed by atoms with Gasteiger partial charge in [0.2, 0.25) is 0 Å². The molecule has 1 aliphatic heterocycles. The van der Waals surface area contributed by atoms with Gasteiger partial charge in [-0.05, 0) is 38.8 Å². The molecule has 1 unspecified atom stereocenters. The van der Waals surface area contributed by atoms with Crippen molar-refractivity contribution in [2.45, 2.75) is 58.0 Å². The fourth-order valence-corrected chi connectivity index (χ4v) is 3.88. The van der Waals surface area contributed by atoms with Gasteiger partial charge in [-0.15, -0.1) is 0 Å². The van der Waals surface area contributed by atoms with Crippen molar-refractivity contribution in [2.75, 3.05) is 11.9 Å². The number of para-hydroxylation sites is 1. The number of amides is 1. The molecule has 1 aromatic rings. The number of anilines is 1. The third kappa shape index (κ3) is 3.55. The van der Waals surface area contributed by atoms with E-state index in [1.807, 2.05) is 42.2 Å². The molecule has 134 valence electrons. The van der Waals surface area contributed by atoms with E-state index in [-0.39, 0.29) is 18.0 Å². The Hall–Kier alpha value is -2.30. The van der Waals surface area contributed by atoms with Crippen molar-refractivity contribution >= 4 is 17.6 Å². The molecule has 1 aliphatic carbocycles. The summed E-state index contributed by atoms with van der Waals surface area (Å²) in [6.45, 7) is 4.01. The smallest absolute Gasteiger partial charge is 0.338 e. The Balaban J connectivity index is 1.92. The first-order chi connectivity index (χ1) is 12.1. The van der Waals surface area contributed by atoms with E-state index in [2.05, 4.69) is 5.32 Å². The van der Waals surface area contributed by atoms with Crippen molar-refractivity contribution < 1.29 is 14.3 Å². The SMILES string of the molecule is CCOC(=O)C1=C(Nc2ccccc2)C(=O)N(C2CCCCC2)C1C. The van der Waals surface area contributed by atoms with Crippen LogP contribution in [0.4, 0.5) is 5.69 Å². The van der Waals surface area contributed by atoms with E-state index < -0.39 is 5.97 Å². The minimum Gasteiger partial charge on any atom is -0.463 e. The van der Waals surface area contributed by atoms with E-state index in [1.165, 1.54) is 6.42 Å². The number of hydrogen-bond donors (Lipinski definition) is 1. The molecule has 0 radical (unpaired) electrons. The van der Waals surface area contributed by atoms with Crippen molar-refractivity contribution in [3.8, 4) is 0 Å². The lowest BCUT2D eigenvalue weighted by molar-refractivity contribution is -0.139. The van der Waals surface area contributed by atoms with Gasteiger partial charge in [0.25, 0.3) is 5.91 Å². The highest BCUT2D eigenvalue weighted by Crippen LogP contribution is 2.34. The number of carbonyl (C=O) groups excluding carboxylic acids is 2. The molecule has 1 fully saturated rings. The maximum absolute atomic E-state index is 13.1. The van der Waals surface area contributed by atoms with Crippen LogP contribution in [0.1, 0.15) is 46.0 Å². The monoisotopic (exact) mass is 342 g/mol. The molecule has 0 spiro atoms. The zero-order valence-corrected chi connectivity index (χ0v) is 15.0. The van der Waals surface area contributed by atoms with E-state index in [0.717, 1.165) is 31.4 Å². The Morgan fingerprint density at radius 2 is 1.88 bits per heavy atom. The molecule has 5 nitrogen and oxygen atoms in total. The third-order valence-electron chi connectivity index (χ3n) is 5.06. The van der Waals surface area contributed by atoms with Gasteiger partial charge < -0.3 is 15.0 Å². The maximum atomic E-state index is 13.1. The number of benzene rings is 1. The quantitative estimate of drug-likeness (QED) is 0.832. The molecule has 1 atom stereocenters. The molecule has 1 aromatic carbocycles. The predicted octanol–water partition coefficient (Wildman–Crippen LogP) is 3.48. The lowest BCUT2D eigenvalue weighted by Crippen LogP contribution is -2.44. The first-order valence-electron chi connectivity index (χ1n) is 9.19. The maximum Gasteiger partial charge on any atom is 0.338 e. The highest BCUT2D eigenvalue weighted by molar-refractivity contribution is 6.09. The molecule has 1 saturated carbocycles. The number of ether oxygens (including phenoxy) is 1. The van der Waals surface area contributed by atoms with Crippen molar-refractivity contribution in [3.05, 3.63) is 41.6 Å². The number of nitrogens with zero attached hydrogens (tertiary/aromatic N) is 1. The zero-order valence-electron chi connectivity index (χ0n) is 15.0. The van der Waals surface area contributed by atoms with Gasteiger partial charge in [-0.25, -0.2) is 4.79 Å². The number of carbonyl (C=O) groups is 2. The van der Waals surface area contributed by atoms with Gasteiger partial charge in [0.05, 0.1) is 18.2 Å². The molecule has 3 rings (SSSR count). The van der Waals surface area contributed by atoms with Gasteiger partial charge in [-0.3, -0.25) is 4.79 Å². The molecule has 1 amide bonds. The second-order valence-electron chi connectivity index (χ2n) is 6.68. The summed E-state index contributed by atoms with van der Waals surface area (Å²) in [4.78, 5) is 27.6. The lowest BCUT2D eigenvalue weighted by atomic mass is 9.93. The van der Waals surface area contributed by atoms with Gasteiger partial charge in [0.1, 0.15) is 5.70 Å². The normalized spacial score (nSPS) is 21.6. The highest BCUT2D eigenvalue weighted by atomic mass is 16.5. The molecule has 0 bridgehead atoms. The van der Waals surface area contributed by atoms with Gasteiger partial charge >= 0.3 is 5.97 Å². The Labute approximate surface area is 149 Å². The van der Waals surface area contributed by atoms with Crippen molar-refractivity contribution in [3.63, 3.8) is 0 Å². The van der Waals surface area contributed by atoms with Crippen LogP contribution in [0.25, 0.3) is 0 Å². The molecule has 5 heteroatoms. The van der Waals surface area contributed by atoms with Crippen molar-refractivity contribution in [1.29, 1.82) is 0 Å². The van der Waals surface area contributed by atoms with Gasteiger partial charge in [-0.2, -0.15) is 0 Å². The minimum atomic E-state index is -0.403. The number of nitrogens with one attached hydrogen (secondary N) is 1. The first-order valence-corrected chi connectivity index (χ1v) is 9.19. The van der Waals surface area contributed by atoms with Gasteiger partial charge in [0, 0.05) is 11.7 Å². The van der Waals surface area contributed by atoms with E-state index >= 15 is 0 Å². The third-order valence-corrected chi connectivity index (χ3v) is 5.06. The molecule has 0 aromatic heterocycles. The topological polar surface area (TPSA) is 58.6 Å². The Morgan fingerprint density at radius 3 is 2.52 bits per heavy atom. The summed E-state index contributed by atoms with van der Waals surface area (Å²) in [7, 11) is 0. The van der Waals surface area contributed by atoms with E-state index in [1.54, 1.807) is 6.92 Å². The second kappa shape index (κ2) is 7.72. The minimum absolute atomic E-state index is 0.0914. The van der Waals surface area contributed by atoms with E-state index in [4.69, 9.17) is 4.74 Å². The molecular weight excluding hydrogens is 316 g/mol. The largest absolute Gasteiger partial charge is 0.463 e. The summed E-state index contributed by atoms with van der Waals surface area (Å²) in [6.07, 6.45) is 5.50. The zero-order chi connectivity index (χ0) is 17.8. The molecule has 25 heavy (non-hydrogen) atoms. The van der Waals surface area contributed by atoms with E-state index in [9.17, 15) is 9.59 Å². The Morgan fingerprint density at radius 1 is 1.20 bits per heavy atom. The van der Waals surface area contributed by atoms with Crippen LogP contribution in [0.5, 0.6) is 0 Å². The summed E-state index contributed by atoms with van der Waals surface area (Å²) in [5.41, 5.74) is 1.61. The summed E-state index contributed by atoms with van der Waals surface area (Å²) in [5.74, 6) is -0.494. The van der Waals surface area contributed by atoms with Crippen LogP contribution in [-0.4, -0.2) is 35.5 Å².